The van der Waals surface area contributed by atoms with E-state index in [1.54, 1.807) is 29.2 Å². The van der Waals surface area contributed by atoms with E-state index in [-0.39, 0.29) is 28.7 Å². The largest absolute Gasteiger partial charge is 0.493 e. The van der Waals surface area contributed by atoms with Gasteiger partial charge in [0.15, 0.2) is 18.1 Å². The molecular weight excluding hydrogens is 464 g/mol. The van der Waals surface area contributed by atoms with Gasteiger partial charge in [0.05, 0.1) is 34.2 Å². The number of benzene rings is 2. The highest BCUT2D eigenvalue weighted by molar-refractivity contribution is 9.10. The Labute approximate surface area is 179 Å². The van der Waals surface area contributed by atoms with Crippen LogP contribution in [0.1, 0.15) is 10.4 Å². The summed E-state index contributed by atoms with van der Waals surface area (Å²) in [4.78, 5) is 23.8. The normalized spacial score (nSPS) is 10.4. The van der Waals surface area contributed by atoms with Gasteiger partial charge in [-0.2, -0.15) is 5.10 Å². The summed E-state index contributed by atoms with van der Waals surface area (Å²) in [6, 6.07) is 10.1. The fraction of sp³-hybridized carbons (Fsp3) is 0.105. The van der Waals surface area contributed by atoms with E-state index in [2.05, 4.69) is 26.3 Å². The fourth-order valence-corrected chi connectivity index (χ4v) is 3.09. The zero-order valence-corrected chi connectivity index (χ0v) is 17.5. The van der Waals surface area contributed by atoms with Crippen molar-refractivity contribution in [2.75, 3.05) is 19.0 Å². The Balaban J connectivity index is 1.88. The molecule has 29 heavy (non-hydrogen) atoms. The summed E-state index contributed by atoms with van der Waals surface area (Å²) in [6.07, 6.45) is 3.42. The molecule has 10 heteroatoms. The third kappa shape index (κ3) is 4.87. The summed E-state index contributed by atoms with van der Waals surface area (Å²) in [5.41, 5.74) is 6.57. The standard InChI is InChI=1S/C19H16BrClN4O4/c1-28-16-7-11(6-13(21)18(16)29-10-17(22)26)19(27)24-14-4-2-3-5-15(14)25-9-12(20)8-23-25/h2-9H,10H2,1H3,(H2,22,26)(H,24,27). The van der Waals surface area contributed by atoms with Crippen molar-refractivity contribution in [1.82, 2.24) is 9.78 Å². The van der Waals surface area contributed by atoms with E-state index in [1.165, 1.54) is 19.2 Å². The highest BCUT2D eigenvalue weighted by Gasteiger charge is 2.18. The second-order valence-electron chi connectivity index (χ2n) is 5.82. The van der Waals surface area contributed by atoms with Crippen molar-refractivity contribution < 1.29 is 19.1 Å². The minimum atomic E-state index is -0.660. The molecule has 0 aliphatic rings. The van der Waals surface area contributed by atoms with Crippen LogP contribution >= 0.6 is 27.5 Å². The highest BCUT2D eigenvalue weighted by Crippen LogP contribution is 2.36. The minimum Gasteiger partial charge on any atom is -0.493 e. The van der Waals surface area contributed by atoms with E-state index in [1.807, 2.05) is 12.1 Å². The number of anilines is 1. The van der Waals surface area contributed by atoms with Crippen molar-refractivity contribution in [2.45, 2.75) is 0 Å². The van der Waals surface area contributed by atoms with Gasteiger partial charge in [0, 0.05) is 11.8 Å². The number of hydrogen-bond acceptors (Lipinski definition) is 5. The molecule has 3 aromatic rings. The van der Waals surface area contributed by atoms with Crippen LogP contribution in [0.2, 0.25) is 5.02 Å². The number of para-hydroxylation sites is 2. The highest BCUT2D eigenvalue weighted by atomic mass is 79.9. The summed E-state index contributed by atoms with van der Waals surface area (Å²) in [7, 11) is 1.40. The molecule has 0 atom stereocenters. The Morgan fingerprint density at radius 3 is 2.72 bits per heavy atom. The quantitative estimate of drug-likeness (QED) is 0.540. The molecule has 8 nitrogen and oxygen atoms in total. The van der Waals surface area contributed by atoms with Gasteiger partial charge in [0.25, 0.3) is 11.8 Å². The van der Waals surface area contributed by atoms with E-state index in [9.17, 15) is 9.59 Å². The van der Waals surface area contributed by atoms with Gasteiger partial charge in [-0.1, -0.05) is 23.7 Å². The Hall–Kier alpha value is -3.04. The summed E-state index contributed by atoms with van der Waals surface area (Å²) >= 11 is 9.57. The number of methoxy groups -OCH3 is 1. The number of amides is 2. The number of carbonyl (C=O) groups is 2. The number of nitrogens with one attached hydrogen (secondary N) is 1. The molecule has 2 amide bonds. The van der Waals surface area contributed by atoms with Crippen LogP contribution in [0.15, 0.2) is 53.3 Å². The Kier molecular flexibility index (Phi) is 6.40. The van der Waals surface area contributed by atoms with Crippen molar-refractivity contribution >= 4 is 45.0 Å². The van der Waals surface area contributed by atoms with Crippen molar-refractivity contribution in [3.8, 4) is 17.2 Å². The molecule has 0 spiro atoms. The number of carbonyl (C=O) groups excluding carboxylic acids is 2. The lowest BCUT2D eigenvalue weighted by atomic mass is 10.1. The summed E-state index contributed by atoms with van der Waals surface area (Å²) < 4.78 is 12.9. The van der Waals surface area contributed by atoms with E-state index in [0.29, 0.717) is 11.4 Å². The molecule has 1 aromatic heterocycles. The molecule has 0 aliphatic heterocycles. The zero-order chi connectivity index (χ0) is 21.0. The first-order valence-electron chi connectivity index (χ1n) is 8.28. The topological polar surface area (TPSA) is 108 Å². The number of aromatic nitrogens is 2. The molecule has 0 aliphatic carbocycles. The van der Waals surface area contributed by atoms with Crippen LogP contribution < -0.4 is 20.5 Å². The predicted octanol–water partition coefficient (Wildman–Crippen LogP) is 3.41. The molecule has 150 valence electrons. The molecule has 3 rings (SSSR count). The molecule has 0 saturated carbocycles. The van der Waals surface area contributed by atoms with Gasteiger partial charge < -0.3 is 20.5 Å². The summed E-state index contributed by atoms with van der Waals surface area (Å²) in [5.74, 6) is -0.739. The molecule has 0 radical (unpaired) electrons. The average molecular weight is 480 g/mol. The molecule has 0 fully saturated rings. The van der Waals surface area contributed by atoms with Crippen LogP contribution in [0.3, 0.4) is 0 Å². The van der Waals surface area contributed by atoms with Crippen LogP contribution in [-0.4, -0.2) is 35.3 Å². The van der Waals surface area contributed by atoms with Gasteiger partial charge in [0.1, 0.15) is 0 Å². The third-order valence-electron chi connectivity index (χ3n) is 3.80. The van der Waals surface area contributed by atoms with Crippen LogP contribution in [0, 0.1) is 0 Å². The molecular formula is C19H16BrClN4O4. The van der Waals surface area contributed by atoms with E-state index in [4.69, 9.17) is 26.8 Å². The van der Waals surface area contributed by atoms with Crippen LogP contribution in [-0.2, 0) is 4.79 Å². The Morgan fingerprint density at radius 2 is 2.07 bits per heavy atom. The van der Waals surface area contributed by atoms with E-state index in [0.717, 1.165) is 4.47 Å². The van der Waals surface area contributed by atoms with E-state index >= 15 is 0 Å². The average Bonchev–Trinajstić information content (AvgIpc) is 3.12. The molecule has 1 heterocycles. The van der Waals surface area contributed by atoms with Crippen molar-refractivity contribution in [3.05, 3.63) is 63.9 Å². The lowest BCUT2D eigenvalue weighted by molar-refractivity contribution is -0.119. The first kappa shape index (κ1) is 20.7. The van der Waals surface area contributed by atoms with Gasteiger partial charge in [-0.05, 0) is 40.2 Å². The second kappa shape index (κ2) is 8.97. The number of rotatable bonds is 7. The van der Waals surface area contributed by atoms with Gasteiger partial charge in [-0.25, -0.2) is 4.68 Å². The van der Waals surface area contributed by atoms with Crippen molar-refractivity contribution in [3.63, 3.8) is 0 Å². The maximum Gasteiger partial charge on any atom is 0.255 e. The number of nitrogens with zero attached hydrogens (tertiary/aromatic N) is 2. The minimum absolute atomic E-state index is 0.111. The maximum absolute atomic E-state index is 12.8. The first-order chi connectivity index (χ1) is 13.9. The number of hydrogen-bond donors (Lipinski definition) is 2. The van der Waals surface area contributed by atoms with Gasteiger partial charge in [-0.3, -0.25) is 9.59 Å². The first-order valence-corrected chi connectivity index (χ1v) is 9.45. The molecule has 3 N–H and O–H groups in total. The zero-order valence-electron chi connectivity index (χ0n) is 15.2. The van der Waals surface area contributed by atoms with Crippen LogP contribution in [0.25, 0.3) is 5.69 Å². The summed E-state index contributed by atoms with van der Waals surface area (Å²) in [6.45, 7) is -0.367. The predicted molar refractivity (Wildman–Crippen MR) is 112 cm³/mol. The van der Waals surface area contributed by atoms with Crippen molar-refractivity contribution in [2.24, 2.45) is 5.73 Å². The number of halogens is 2. The Bertz CT molecular complexity index is 1070. The lowest BCUT2D eigenvalue weighted by Crippen LogP contribution is -2.20. The van der Waals surface area contributed by atoms with Crippen LogP contribution in [0.4, 0.5) is 5.69 Å². The van der Waals surface area contributed by atoms with Gasteiger partial charge in [0.2, 0.25) is 0 Å². The third-order valence-corrected chi connectivity index (χ3v) is 4.49. The Morgan fingerprint density at radius 1 is 1.31 bits per heavy atom. The molecule has 0 saturated heterocycles. The smallest absolute Gasteiger partial charge is 0.255 e. The van der Waals surface area contributed by atoms with Crippen molar-refractivity contribution in [1.29, 1.82) is 0 Å². The van der Waals surface area contributed by atoms with Gasteiger partial charge in [-0.15, -0.1) is 0 Å². The summed E-state index contributed by atoms with van der Waals surface area (Å²) in [5, 5.41) is 7.19. The monoisotopic (exact) mass is 478 g/mol. The van der Waals surface area contributed by atoms with E-state index < -0.39 is 11.8 Å². The lowest BCUT2D eigenvalue weighted by Gasteiger charge is -2.14. The second-order valence-corrected chi connectivity index (χ2v) is 7.14. The molecule has 2 aromatic carbocycles. The molecule has 0 bridgehead atoms. The number of nitrogens with two attached hydrogens (primary N) is 1. The number of ether oxygens (including phenoxy) is 2. The SMILES string of the molecule is COc1cc(C(=O)Nc2ccccc2-n2cc(Br)cn2)cc(Cl)c1OCC(N)=O. The molecule has 0 unspecified atom stereocenters. The van der Waals surface area contributed by atoms with Gasteiger partial charge >= 0.3 is 0 Å². The fourth-order valence-electron chi connectivity index (χ4n) is 2.54. The van der Waals surface area contributed by atoms with Crippen LogP contribution in [0.5, 0.6) is 11.5 Å². The number of primary amides is 1. The maximum atomic E-state index is 12.8.